The maximum absolute atomic E-state index is 12.4. The van der Waals surface area contributed by atoms with E-state index in [-0.39, 0.29) is 5.78 Å². The van der Waals surface area contributed by atoms with E-state index in [2.05, 4.69) is 5.10 Å². The average Bonchev–Trinajstić information content (AvgIpc) is 2.82. The lowest BCUT2D eigenvalue weighted by Crippen LogP contribution is -2.05. The first-order valence-corrected chi connectivity index (χ1v) is 7.07. The van der Waals surface area contributed by atoms with Crippen molar-refractivity contribution in [3.63, 3.8) is 0 Å². The Bertz CT molecular complexity index is 654. The van der Waals surface area contributed by atoms with E-state index in [4.69, 9.17) is 0 Å². The van der Waals surface area contributed by atoms with Gasteiger partial charge in [0.05, 0.1) is 22.6 Å². The molecule has 0 saturated carbocycles. The van der Waals surface area contributed by atoms with Crippen molar-refractivity contribution in [3.05, 3.63) is 59.6 Å². The zero-order chi connectivity index (χ0) is 15.4. The maximum Gasteiger partial charge on any atom is 0.191 e. The highest BCUT2D eigenvalue weighted by atomic mass is 16.1. The summed E-state index contributed by atoms with van der Waals surface area (Å²) >= 11 is 0. The molecule has 0 atom stereocenters. The molecule has 1 heterocycles. The number of rotatable bonds is 5. The molecule has 0 spiro atoms. The molecule has 4 nitrogen and oxygen atoms in total. The summed E-state index contributed by atoms with van der Waals surface area (Å²) in [6.07, 6.45) is 4.09. The molecule has 0 aliphatic carbocycles. The third-order valence-electron chi connectivity index (χ3n) is 3.29. The number of aryl methyl sites for hydroxylation is 1. The van der Waals surface area contributed by atoms with Crippen LogP contribution in [-0.4, -0.2) is 34.6 Å². The van der Waals surface area contributed by atoms with Crippen molar-refractivity contribution in [1.82, 2.24) is 14.7 Å². The molecule has 0 radical (unpaired) electrons. The van der Waals surface area contributed by atoms with Crippen molar-refractivity contribution in [1.29, 1.82) is 0 Å². The van der Waals surface area contributed by atoms with Crippen molar-refractivity contribution in [2.75, 3.05) is 14.1 Å². The highest BCUT2D eigenvalue weighted by molar-refractivity contribution is 6.06. The predicted molar refractivity (Wildman–Crippen MR) is 84.8 cm³/mol. The van der Waals surface area contributed by atoms with Gasteiger partial charge in [-0.2, -0.15) is 5.10 Å². The number of aromatic nitrogens is 2. The van der Waals surface area contributed by atoms with Crippen molar-refractivity contribution in [2.24, 2.45) is 0 Å². The first-order chi connectivity index (χ1) is 10.0. The van der Waals surface area contributed by atoms with E-state index in [1.54, 1.807) is 12.3 Å². The minimum atomic E-state index is 0.000214. The molecule has 0 aliphatic rings. The fourth-order valence-corrected chi connectivity index (χ4v) is 2.25. The summed E-state index contributed by atoms with van der Waals surface area (Å²) in [5.41, 5.74) is 3.40. The first-order valence-electron chi connectivity index (χ1n) is 7.07. The molecule has 4 heteroatoms. The molecule has 110 valence electrons. The van der Waals surface area contributed by atoms with E-state index in [0.29, 0.717) is 5.56 Å². The molecular formula is C17H21N3O. The molecule has 0 bridgehead atoms. The Morgan fingerprint density at radius 1 is 1.29 bits per heavy atom. The fraction of sp³-hybridized carbons (Fsp3) is 0.294. The lowest BCUT2D eigenvalue weighted by atomic mass is 10.1. The van der Waals surface area contributed by atoms with E-state index in [0.717, 1.165) is 23.5 Å². The normalized spacial score (nSPS) is 11.0. The van der Waals surface area contributed by atoms with E-state index in [1.807, 2.05) is 67.9 Å². The second kappa shape index (κ2) is 6.39. The van der Waals surface area contributed by atoms with Gasteiger partial charge in [0.2, 0.25) is 0 Å². The summed E-state index contributed by atoms with van der Waals surface area (Å²) in [5.74, 6) is 0.000214. The summed E-state index contributed by atoms with van der Waals surface area (Å²) in [5, 5.41) is 4.59. The molecule has 0 amide bonds. The maximum atomic E-state index is 12.4. The van der Waals surface area contributed by atoms with Crippen LogP contribution in [0.3, 0.4) is 0 Å². The van der Waals surface area contributed by atoms with Gasteiger partial charge >= 0.3 is 0 Å². The number of carbonyl (C=O) groups is 1. The van der Waals surface area contributed by atoms with Crippen LogP contribution in [0.1, 0.15) is 28.7 Å². The number of hydrogen-bond donors (Lipinski definition) is 0. The Hall–Kier alpha value is -2.36. The Kier molecular flexibility index (Phi) is 4.58. The standard InChI is InChI=1S/C17H21N3O/c1-5-15-17(16(21)11-12-19(3)4)13(2)20(18-15)14-9-7-6-8-10-14/h6-12H,5H2,1-4H3/b12-11+. The molecule has 1 aromatic heterocycles. The quantitative estimate of drug-likeness (QED) is 0.625. The Labute approximate surface area is 125 Å². The van der Waals surface area contributed by atoms with E-state index in [9.17, 15) is 4.79 Å². The van der Waals surface area contributed by atoms with Gasteiger partial charge < -0.3 is 4.90 Å². The molecule has 2 aromatic rings. The SMILES string of the molecule is CCc1nn(-c2ccccc2)c(C)c1C(=O)/C=C/N(C)C. The molecule has 0 N–H and O–H groups in total. The number of hydrogen-bond acceptors (Lipinski definition) is 3. The zero-order valence-electron chi connectivity index (χ0n) is 13.0. The van der Waals surface area contributed by atoms with Crippen LogP contribution in [0.25, 0.3) is 5.69 Å². The van der Waals surface area contributed by atoms with Crippen molar-refractivity contribution >= 4 is 5.78 Å². The van der Waals surface area contributed by atoms with Gasteiger partial charge in [-0.15, -0.1) is 0 Å². The number of para-hydroxylation sites is 1. The number of ketones is 1. The summed E-state index contributed by atoms with van der Waals surface area (Å²) in [6.45, 7) is 3.96. The molecule has 0 unspecified atom stereocenters. The third kappa shape index (κ3) is 3.21. The van der Waals surface area contributed by atoms with Crippen LogP contribution in [-0.2, 0) is 6.42 Å². The number of allylic oxidation sites excluding steroid dienone is 1. The minimum absolute atomic E-state index is 0.000214. The van der Waals surface area contributed by atoms with Crippen LogP contribution in [0.2, 0.25) is 0 Å². The molecule has 21 heavy (non-hydrogen) atoms. The number of nitrogens with zero attached hydrogens (tertiary/aromatic N) is 3. The number of benzene rings is 1. The van der Waals surface area contributed by atoms with Gasteiger partial charge in [0.15, 0.2) is 5.78 Å². The Morgan fingerprint density at radius 3 is 2.52 bits per heavy atom. The topological polar surface area (TPSA) is 38.1 Å². The van der Waals surface area contributed by atoms with Crippen molar-refractivity contribution in [2.45, 2.75) is 20.3 Å². The molecule has 1 aromatic carbocycles. The minimum Gasteiger partial charge on any atom is -0.383 e. The van der Waals surface area contributed by atoms with E-state index < -0.39 is 0 Å². The fourth-order valence-electron chi connectivity index (χ4n) is 2.25. The molecular weight excluding hydrogens is 262 g/mol. The number of carbonyl (C=O) groups excluding carboxylic acids is 1. The van der Waals surface area contributed by atoms with Crippen LogP contribution in [0.15, 0.2) is 42.6 Å². The summed E-state index contributed by atoms with van der Waals surface area (Å²) in [7, 11) is 3.79. The Morgan fingerprint density at radius 2 is 1.95 bits per heavy atom. The zero-order valence-corrected chi connectivity index (χ0v) is 13.0. The van der Waals surface area contributed by atoms with Crippen molar-refractivity contribution in [3.8, 4) is 5.69 Å². The van der Waals surface area contributed by atoms with Gasteiger partial charge in [0.25, 0.3) is 0 Å². The van der Waals surface area contributed by atoms with Crippen molar-refractivity contribution < 1.29 is 4.79 Å². The van der Waals surface area contributed by atoms with Gasteiger partial charge in [-0.25, -0.2) is 4.68 Å². The average molecular weight is 283 g/mol. The highest BCUT2D eigenvalue weighted by Crippen LogP contribution is 2.19. The monoisotopic (exact) mass is 283 g/mol. The molecule has 0 fully saturated rings. The van der Waals surface area contributed by atoms with Gasteiger partial charge in [0.1, 0.15) is 0 Å². The molecule has 2 rings (SSSR count). The largest absolute Gasteiger partial charge is 0.383 e. The second-order valence-corrected chi connectivity index (χ2v) is 5.15. The van der Waals surface area contributed by atoms with Crippen LogP contribution < -0.4 is 0 Å². The first kappa shape index (κ1) is 15.0. The summed E-state index contributed by atoms with van der Waals surface area (Å²) < 4.78 is 1.84. The highest BCUT2D eigenvalue weighted by Gasteiger charge is 2.19. The van der Waals surface area contributed by atoms with Gasteiger partial charge in [0, 0.05) is 26.4 Å². The lowest BCUT2D eigenvalue weighted by molar-refractivity contribution is 0.104. The van der Waals surface area contributed by atoms with E-state index >= 15 is 0 Å². The molecule has 0 aliphatic heterocycles. The van der Waals surface area contributed by atoms with Crippen LogP contribution in [0.5, 0.6) is 0 Å². The smallest absolute Gasteiger partial charge is 0.191 e. The Balaban J connectivity index is 2.47. The van der Waals surface area contributed by atoms with E-state index in [1.165, 1.54) is 0 Å². The third-order valence-corrected chi connectivity index (χ3v) is 3.29. The summed E-state index contributed by atoms with van der Waals surface area (Å²) in [6, 6.07) is 9.88. The molecule has 0 saturated heterocycles. The van der Waals surface area contributed by atoms with Gasteiger partial charge in [-0.05, 0) is 25.5 Å². The second-order valence-electron chi connectivity index (χ2n) is 5.15. The van der Waals surface area contributed by atoms with Crippen LogP contribution >= 0.6 is 0 Å². The van der Waals surface area contributed by atoms with Gasteiger partial charge in [-0.3, -0.25) is 4.79 Å². The lowest BCUT2D eigenvalue weighted by Gasteiger charge is -2.05. The van der Waals surface area contributed by atoms with Crippen LogP contribution in [0.4, 0.5) is 0 Å². The van der Waals surface area contributed by atoms with Gasteiger partial charge in [-0.1, -0.05) is 25.1 Å². The summed E-state index contributed by atoms with van der Waals surface area (Å²) in [4.78, 5) is 14.3. The van der Waals surface area contributed by atoms with Crippen LogP contribution in [0, 0.1) is 6.92 Å². The predicted octanol–water partition coefficient (Wildman–Crippen LogP) is 3.00.